The Labute approximate surface area is 99.3 Å². The second-order valence-corrected chi connectivity index (χ2v) is 5.01. The van der Waals surface area contributed by atoms with Gasteiger partial charge in [-0.1, -0.05) is 25.8 Å². The molecule has 0 aliphatic rings. The first-order chi connectivity index (χ1) is 7.39. The van der Waals surface area contributed by atoms with Gasteiger partial charge in [0.15, 0.2) is 0 Å². The fourth-order valence-electron chi connectivity index (χ4n) is 1.37. The Morgan fingerprint density at radius 3 is 2.56 bits per heavy atom. The van der Waals surface area contributed by atoms with Gasteiger partial charge in [0.25, 0.3) is 0 Å². The van der Waals surface area contributed by atoms with Crippen LogP contribution in [0.1, 0.15) is 53.4 Å². The van der Waals surface area contributed by atoms with Crippen LogP contribution in [0.4, 0.5) is 4.79 Å². The van der Waals surface area contributed by atoms with Crippen molar-refractivity contribution >= 4 is 6.09 Å². The van der Waals surface area contributed by atoms with Crippen molar-refractivity contribution in [3.63, 3.8) is 0 Å². The second kappa shape index (κ2) is 7.31. The van der Waals surface area contributed by atoms with E-state index in [0.29, 0.717) is 0 Å². The molecule has 0 aromatic heterocycles. The Hall–Kier alpha value is -0.990. The molecule has 0 saturated heterocycles. The summed E-state index contributed by atoms with van der Waals surface area (Å²) in [7, 11) is 0. The molecule has 0 unspecified atom stereocenters. The van der Waals surface area contributed by atoms with Gasteiger partial charge in [0, 0.05) is 6.04 Å². The van der Waals surface area contributed by atoms with E-state index in [0.717, 1.165) is 25.7 Å². The van der Waals surface area contributed by atoms with Crippen molar-refractivity contribution in [3.05, 3.63) is 12.7 Å². The zero-order valence-corrected chi connectivity index (χ0v) is 11.0. The summed E-state index contributed by atoms with van der Waals surface area (Å²) in [5, 5.41) is 2.88. The first-order valence-corrected chi connectivity index (χ1v) is 5.99. The number of carbonyl (C=O) groups excluding carboxylic acids is 1. The summed E-state index contributed by atoms with van der Waals surface area (Å²) < 4.78 is 5.21. The summed E-state index contributed by atoms with van der Waals surface area (Å²) in [6.07, 6.45) is 5.49. The van der Waals surface area contributed by atoms with Gasteiger partial charge in [0.05, 0.1) is 0 Å². The molecule has 16 heavy (non-hydrogen) atoms. The van der Waals surface area contributed by atoms with Crippen molar-refractivity contribution in [2.24, 2.45) is 0 Å². The van der Waals surface area contributed by atoms with E-state index in [4.69, 9.17) is 4.74 Å². The van der Waals surface area contributed by atoms with Crippen molar-refractivity contribution < 1.29 is 9.53 Å². The van der Waals surface area contributed by atoms with E-state index in [1.807, 2.05) is 26.8 Å². The molecule has 0 rings (SSSR count). The van der Waals surface area contributed by atoms with Crippen molar-refractivity contribution in [1.29, 1.82) is 0 Å². The van der Waals surface area contributed by atoms with Gasteiger partial charge < -0.3 is 10.1 Å². The third-order valence-corrected chi connectivity index (χ3v) is 2.08. The summed E-state index contributed by atoms with van der Waals surface area (Å²) in [5.41, 5.74) is -0.437. The highest BCUT2D eigenvalue weighted by molar-refractivity contribution is 5.68. The maximum Gasteiger partial charge on any atom is 0.407 e. The third-order valence-electron chi connectivity index (χ3n) is 2.08. The Morgan fingerprint density at radius 2 is 2.12 bits per heavy atom. The number of carbonyl (C=O) groups is 1. The zero-order chi connectivity index (χ0) is 12.6. The molecule has 0 fully saturated rings. The number of ether oxygens (including phenoxy) is 1. The summed E-state index contributed by atoms with van der Waals surface area (Å²) in [4.78, 5) is 11.5. The van der Waals surface area contributed by atoms with Crippen LogP contribution in [0, 0.1) is 0 Å². The van der Waals surface area contributed by atoms with Crippen LogP contribution in [0.3, 0.4) is 0 Å². The fraction of sp³-hybridized carbons (Fsp3) is 0.769. The predicted molar refractivity (Wildman–Crippen MR) is 67.5 cm³/mol. The molecule has 0 aliphatic heterocycles. The highest BCUT2D eigenvalue weighted by Crippen LogP contribution is 2.09. The minimum atomic E-state index is -0.437. The highest BCUT2D eigenvalue weighted by atomic mass is 16.6. The number of hydrogen-bond donors (Lipinski definition) is 1. The van der Waals surface area contributed by atoms with Crippen LogP contribution in [-0.4, -0.2) is 17.7 Å². The van der Waals surface area contributed by atoms with Gasteiger partial charge in [0.1, 0.15) is 5.60 Å². The Kier molecular flexibility index (Phi) is 6.86. The van der Waals surface area contributed by atoms with Crippen LogP contribution in [0.25, 0.3) is 0 Å². The molecule has 3 nitrogen and oxygen atoms in total. The molecule has 1 atom stereocenters. The SMILES string of the molecule is C=CC[C@@H](CCCC)NC(=O)OC(C)(C)C. The first kappa shape index (κ1) is 15.0. The van der Waals surface area contributed by atoms with E-state index in [1.54, 1.807) is 0 Å². The summed E-state index contributed by atoms with van der Waals surface area (Å²) in [6, 6.07) is 0.146. The van der Waals surface area contributed by atoms with Crippen LogP contribution in [0.15, 0.2) is 12.7 Å². The normalized spacial score (nSPS) is 13.0. The predicted octanol–water partition coefficient (Wildman–Crippen LogP) is 3.65. The van der Waals surface area contributed by atoms with Crippen molar-refractivity contribution in [2.45, 2.75) is 65.0 Å². The lowest BCUT2D eigenvalue weighted by Gasteiger charge is -2.23. The number of hydrogen-bond acceptors (Lipinski definition) is 2. The number of rotatable bonds is 6. The second-order valence-electron chi connectivity index (χ2n) is 5.01. The van der Waals surface area contributed by atoms with Crippen LogP contribution in [-0.2, 0) is 4.74 Å². The zero-order valence-electron chi connectivity index (χ0n) is 11.0. The van der Waals surface area contributed by atoms with Crippen LogP contribution in [0.5, 0.6) is 0 Å². The van der Waals surface area contributed by atoms with E-state index in [2.05, 4.69) is 18.8 Å². The highest BCUT2D eigenvalue weighted by Gasteiger charge is 2.18. The average molecular weight is 227 g/mol. The average Bonchev–Trinajstić information content (AvgIpc) is 2.11. The van der Waals surface area contributed by atoms with Crippen molar-refractivity contribution in [1.82, 2.24) is 5.32 Å². The minimum Gasteiger partial charge on any atom is -0.444 e. The Bertz CT molecular complexity index is 218. The molecular formula is C13H25NO2. The van der Waals surface area contributed by atoms with Gasteiger partial charge in [-0.05, 0) is 33.6 Å². The molecule has 0 bridgehead atoms. The van der Waals surface area contributed by atoms with Crippen LogP contribution in [0.2, 0.25) is 0 Å². The van der Waals surface area contributed by atoms with E-state index in [1.165, 1.54) is 0 Å². The Morgan fingerprint density at radius 1 is 1.50 bits per heavy atom. The summed E-state index contributed by atoms with van der Waals surface area (Å²) in [6.45, 7) is 11.4. The van der Waals surface area contributed by atoms with Gasteiger partial charge in [-0.2, -0.15) is 0 Å². The Balaban J connectivity index is 4.06. The van der Waals surface area contributed by atoms with Crippen molar-refractivity contribution in [2.75, 3.05) is 0 Å². The molecule has 0 aromatic rings. The molecule has 3 heteroatoms. The quantitative estimate of drug-likeness (QED) is 0.703. The summed E-state index contributed by atoms with van der Waals surface area (Å²) >= 11 is 0. The molecule has 0 aliphatic carbocycles. The van der Waals surface area contributed by atoms with Gasteiger partial charge in [-0.15, -0.1) is 6.58 Å². The summed E-state index contributed by atoms with van der Waals surface area (Å²) in [5.74, 6) is 0. The molecule has 1 N–H and O–H groups in total. The lowest BCUT2D eigenvalue weighted by molar-refractivity contribution is 0.0502. The largest absolute Gasteiger partial charge is 0.444 e. The number of unbranched alkanes of at least 4 members (excludes halogenated alkanes) is 1. The molecule has 0 saturated carbocycles. The molecule has 1 amide bonds. The first-order valence-electron chi connectivity index (χ1n) is 5.99. The molecular weight excluding hydrogens is 202 g/mol. The van der Waals surface area contributed by atoms with Gasteiger partial charge >= 0.3 is 6.09 Å². The molecule has 0 spiro atoms. The number of amides is 1. The van der Waals surface area contributed by atoms with Gasteiger partial charge in [0.2, 0.25) is 0 Å². The van der Waals surface area contributed by atoms with E-state index in [9.17, 15) is 4.79 Å². The number of nitrogens with one attached hydrogen (secondary N) is 1. The fourth-order valence-corrected chi connectivity index (χ4v) is 1.37. The molecule has 0 aromatic carbocycles. The van der Waals surface area contributed by atoms with Gasteiger partial charge in [-0.3, -0.25) is 0 Å². The van der Waals surface area contributed by atoms with Crippen LogP contribution < -0.4 is 5.32 Å². The van der Waals surface area contributed by atoms with E-state index in [-0.39, 0.29) is 12.1 Å². The number of alkyl carbamates (subject to hydrolysis) is 1. The van der Waals surface area contributed by atoms with Crippen molar-refractivity contribution in [3.8, 4) is 0 Å². The third kappa shape index (κ3) is 8.33. The maximum atomic E-state index is 11.5. The smallest absolute Gasteiger partial charge is 0.407 e. The van der Waals surface area contributed by atoms with E-state index >= 15 is 0 Å². The molecule has 94 valence electrons. The monoisotopic (exact) mass is 227 g/mol. The topological polar surface area (TPSA) is 38.3 Å². The lowest BCUT2D eigenvalue weighted by Crippen LogP contribution is -2.38. The standard InChI is InChI=1S/C13H25NO2/c1-6-8-10-11(9-7-2)14-12(15)16-13(3,4)5/h7,11H,2,6,8-10H2,1,3-5H3,(H,14,15)/t11-/m0/s1. The maximum absolute atomic E-state index is 11.5. The molecule has 0 radical (unpaired) electrons. The molecule has 0 heterocycles. The van der Waals surface area contributed by atoms with Crippen LogP contribution >= 0.6 is 0 Å². The van der Waals surface area contributed by atoms with Gasteiger partial charge in [-0.25, -0.2) is 4.79 Å². The lowest BCUT2D eigenvalue weighted by atomic mass is 10.1. The van der Waals surface area contributed by atoms with E-state index < -0.39 is 5.60 Å². The minimum absolute atomic E-state index is 0.146.